The third-order valence-corrected chi connectivity index (χ3v) is 6.12. The van der Waals surface area contributed by atoms with Gasteiger partial charge in [-0.05, 0) is 39.8 Å². The van der Waals surface area contributed by atoms with Crippen LogP contribution in [-0.2, 0) is 28.4 Å². The van der Waals surface area contributed by atoms with Gasteiger partial charge in [0.05, 0.1) is 23.8 Å². The Balaban J connectivity index is 1.54. The first-order valence-electron chi connectivity index (χ1n) is 10.1. The summed E-state index contributed by atoms with van der Waals surface area (Å²) in [4.78, 5) is 12.8. The highest BCUT2D eigenvalue weighted by Crippen LogP contribution is 2.46. The van der Waals surface area contributed by atoms with Gasteiger partial charge in [0, 0.05) is 0 Å². The maximum Gasteiger partial charge on any atom is 0.343 e. The van der Waals surface area contributed by atoms with Gasteiger partial charge in [-0.3, -0.25) is 0 Å². The summed E-state index contributed by atoms with van der Waals surface area (Å²) in [5.74, 6) is -4.55. The number of hydrogen-bond acceptors (Lipinski definition) is 9. The molecule has 32 heavy (non-hydrogen) atoms. The van der Waals surface area contributed by atoms with Crippen LogP contribution in [-0.4, -0.2) is 73.2 Å². The molecule has 0 unspecified atom stereocenters. The second-order valence-electron chi connectivity index (χ2n) is 8.83. The Labute approximate surface area is 195 Å². The quantitative estimate of drug-likeness (QED) is 0.621. The maximum absolute atomic E-state index is 12.8. The monoisotopic (exact) mass is 492 g/mol. The topological polar surface area (TPSA) is 102 Å². The van der Waals surface area contributed by atoms with Crippen molar-refractivity contribution in [2.75, 3.05) is 20.3 Å². The molecule has 9 nitrogen and oxygen atoms in total. The number of benzene rings is 1. The number of rotatable bonds is 5. The zero-order valence-corrected chi connectivity index (χ0v) is 19.9. The fourth-order valence-corrected chi connectivity index (χ4v) is 4.65. The van der Waals surface area contributed by atoms with Crippen LogP contribution in [0.2, 0.25) is 10.0 Å². The molecule has 4 rings (SSSR count). The van der Waals surface area contributed by atoms with Crippen molar-refractivity contribution in [3.8, 4) is 5.75 Å². The predicted octanol–water partition coefficient (Wildman–Crippen LogP) is 2.92. The summed E-state index contributed by atoms with van der Waals surface area (Å²) in [6.07, 6.45) is -2.82. The molecule has 0 spiro atoms. The van der Waals surface area contributed by atoms with Gasteiger partial charge in [0.1, 0.15) is 36.6 Å². The van der Waals surface area contributed by atoms with Crippen LogP contribution in [0.25, 0.3) is 0 Å². The predicted molar refractivity (Wildman–Crippen MR) is 112 cm³/mol. The molecule has 178 valence electrons. The minimum Gasteiger partial charge on any atom is -0.494 e. The van der Waals surface area contributed by atoms with Gasteiger partial charge in [-0.25, -0.2) is 4.79 Å². The van der Waals surface area contributed by atoms with Crippen LogP contribution in [0.1, 0.15) is 38.1 Å². The van der Waals surface area contributed by atoms with Crippen molar-refractivity contribution in [3.63, 3.8) is 0 Å². The van der Waals surface area contributed by atoms with Crippen molar-refractivity contribution < 1.29 is 43.1 Å². The molecule has 1 aromatic carbocycles. The molecular weight excluding hydrogens is 467 g/mol. The number of hydrogen-bond donors (Lipinski definition) is 1. The Morgan fingerprint density at radius 2 is 1.75 bits per heavy atom. The highest BCUT2D eigenvalue weighted by Gasteiger charge is 2.65. The molecule has 0 amide bonds. The highest BCUT2D eigenvalue weighted by atomic mass is 35.5. The van der Waals surface area contributed by atoms with Gasteiger partial charge in [0.15, 0.2) is 17.3 Å². The van der Waals surface area contributed by atoms with Gasteiger partial charge in [-0.1, -0.05) is 23.2 Å². The summed E-state index contributed by atoms with van der Waals surface area (Å²) in [5, 5.41) is 11.6. The largest absolute Gasteiger partial charge is 0.494 e. The normalized spacial score (nSPS) is 35.0. The Kier molecular flexibility index (Phi) is 6.18. The summed E-state index contributed by atoms with van der Waals surface area (Å²) < 4.78 is 39.9. The van der Waals surface area contributed by atoms with E-state index >= 15 is 0 Å². The van der Waals surface area contributed by atoms with Crippen molar-refractivity contribution in [2.24, 2.45) is 0 Å². The number of esters is 1. The third kappa shape index (κ3) is 4.33. The first kappa shape index (κ1) is 24.0. The number of methoxy groups -OCH3 is 1. The second-order valence-corrected chi connectivity index (χ2v) is 9.64. The van der Waals surface area contributed by atoms with E-state index in [1.165, 1.54) is 19.2 Å². The number of fused-ring (bicyclic) bond motifs is 1. The Hall–Kier alpha value is -1.17. The van der Waals surface area contributed by atoms with Crippen molar-refractivity contribution in [3.05, 3.63) is 27.7 Å². The Morgan fingerprint density at radius 3 is 2.38 bits per heavy atom. The van der Waals surface area contributed by atoms with Gasteiger partial charge in [0.25, 0.3) is 0 Å². The van der Waals surface area contributed by atoms with Crippen LogP contribution in [0.3, 0.4) is 0 Å². The number of aliphatic hydroxyl groups is 1. The molecule has 3 heterocycles. The molecule has 5 atom stereocenters. The van der Waals surface area contributed by atoms with E-state index < -0.39 is 54.4 Å². The number of halogens is 2. The summed E-state index contributed by atoms with van der Waals surface area (Å²) in [7, 11) is 1.36. The van der Waals surface area contributed by atoms with Crippen LogP contribution in [0.4, 0.5) is 0 Å². The zero-order valence-electron chi connectivity index (χ0n) is 18.3. The summed E-state index contributed by atoms with van der Waals surface area (Å²) in [6, 6.07) is 2.95. The molecule has 3 aliphatic rings. The second kappa shape index (κ2) is 8.25. The van der Waals surface area contributed by atoms with Gasteiger partial charge < -0.3 is 38.3 Å². The molecule has 0 saturated carbocycles. The molecule has 1 N–H and O–H groups in total. The molecule has 0 aromatic heterocycles. The van der Waals surface area contributed by atoms with E-state index in [1.807, 2.05) is 0 Å². The maximum atomic E-state index is 12.8. The van der Waals surface area contributed by atoms with Crippen LogP contribution in [0.5, 0.6) is 5.75 Å². The van der Waals surface area contributed by atoms with Crippen molar-refractivity contribution in [1.29, 1.82) is 0 Å². The van der Waals surface area contributed by atoms with Gasteiger partial charge in [-0.2, -0.15) is 0 Å². The lowest BCUT2D eigenvalue weighted by Gasteiger charge is -2.31. The van der Waals surface area contributed by atoms with E-state index in [4.69, 9.17) is 56.4 Å². The molecule has 0 bridgehead atoms. The Morgan fingerprint density at radius 1 is 1.06 bits per heavy atom. The minimum atomic E-state index is -1.99. The minimum absolute atomic E-state index is 0.0606. The van der Waals surface area contributed by atoms with Gasteiger partial charge >= 0.3 is 5.97 Å². The summed E-state index contributed by atoms with van der Waals surface area (Å²) in [6.45, 7) is 6.71. The molecule has 3 aliphatic heterocycles. The number of ether oxygens (including phenoxy) is 7. The lowest BCUT2D eigenvalue weighted by Crippen LogP contribution is -2.47. The first-order valence-corrected chi connectivity index (χ1v) is 10.9. The average molecular weight is 493 g/mol. The molecule has 1 aromatic rings. The molecule has 0 radical (unpaired) electrons. The fourth-order valence-electron chi connectivity index (χ4n) is 4.19. The van der Waals surface area contributed by atoms with Crippen LogP contribution in [0, 0.1) is 0 Å². The first-order chi connectivity index (χ1) is 14.9. The summed E-state index contributed by atoms with van der Waals surface area (Å²) >= 11 is 12.3. The average Bonchev–Trinajstić information content (AvgIpc) is 3.31. The van der Waals surface area contributed by atoms with Crippen molar-refractivity contribution >= 4 is 29.2 Å². The Bertz CT molecular complexity index is 906. The van der Waals surface area contributed by atoms with Crippen LogP contribution >= 0.6 is 23.2 Å². The van der Waals surface area contributed by atoms with Crippen LogP contribution in [0.15, 0.2) is 12.1 Å². The lowest BCUT2D eigenvalue weighted by atomic mass is 10.0. The van der Waals surface area contributed by atoms with Gasteiger partial charge in [0.2, 0.25) is 5.79 Å². The molecule has 3 fully saturated rings. The number of carbonyl (C=O) groups excluding carboxylic acids is 1. The van der Waals surface area contributed by atoms with Crippen molar-refractivity contribution in [2.45, 2.75) is 69.5 Å². The van der Waals surface area contributed by atoms with Gasteiger partial charge in [-0.15, -0.1) is 0 Å². The van der Waals surface area contributed by atoms with Crippen molar-refractivity contribution in [1.82, 2.24) is 0 Å². The van der Waals surface area contributed by atoms with E-state index in [2.05, 4.69) is 0 Å². The van der Waals surface area contributed by atoms with E-state index in [9.17, 15) is 9.90 Å². The number of carbonyl (C=O) groups is 1. The zero-order chi connectivity index (χ0) is 23.5. The van der Waals surface area contributed by atoms with E-state index in [0.29, 0.717) is 0 Å². The molecule has 0 aliphatic carbocycles. The van der Waals surface area contributed by atoms with E-state index in [0.717, 1.165) is 0 Å². The van der Waals surface area contributed by atoms with Crippen LogP contribution < -0.4 is 4.74 Å². The molecule has 11 heteroatoms. The SMILES string of the molecule is COc1c(Cl)ccc(Cl)c1C(=O)OC[C@]1(O)O[C@H]([C@H]2COC(C)(C)O2)[C@@H]2OC(C)(C)O[C@@H]21. The highest BCUT2D eigenvalue weighted by molar-refractivity contribution is 6.37. The molecule has 3 saturated heterocycles. The standard InChI is InChI=1S/C21H26Cl2O9/c1-19(2)28-8-12(29-19)15-16-17(32-20(3,4)30-16)21(25,31-15)9-27-18(24)13-10(22)6-7-11(23)14(13)26-5/h6-7,12,15-17,25H,8-9H2,1-5H3/t12-,15-,16+,17+,21+/m1/s1. The van der Waals surface area contributed by atoms with E-state index in [1.54, 1.807) is 27.7 Å². The smallest absolute Gasteiger partial charge is 0.343 e. The lowest BCUT2D eigenvalue weighted by molar-refractivity contribution is -0.294. The summed E-state index contributed by atoms with van der Waals surface area (Å²) in [5.41, 5.74) is -0.0606. The fraction of sp³-hybridized carbons (Fsp3) is 0.667. The van der Waals surface area contributed by atoms with E-state index in [-0.39, 0.29) is 28.0 Å². The molecular formula is C21H26Cl2O9. The third-order valence-electron chi connectivity index (χ3n) is 5.51.